The fourth-order valence-electron chi connectivity index (χ4n) is 5.94. The number of hydrogen-bond donors (Lipinski definition) is 2. The van der Waals surface area contributed by atoms with Crippen LogP contribution < -0.4 is 30.8 Å². The van der Waals surface area contributed by atoms with E-state index in [-0.39, 0.29) is 22.5 Å². The first-order valence-electron chi connectivity index (χ1n) is 16.3. The van der Waals surface area contributed by atoms with Gasteiger partial charge >= 0.3 is 0 Å². The van der Waals surface area contributed by atoms with Gasteiger partial charge in [-0.05, 0) is 72.4 Å². The fraction of sp³-hybridized carbons (Fsp3) is 0.378. The van der Waals surface area contributed by atoms with Gasteiger partial charge in [-0.15, -0.1) is 0 Å². The third kappa shape index (κ3) is 10.7. The zero-order valence-electron chi connectivity index (χ0n) is 28.2. The van der Waals surface area contributed by atoms with Gasteiger partial charge in [0.2, 0.25) is 0 Å². The predicted molar refractivity (Wildman–Crippen MR) is 191 cm³/mol. The van der Waals surface area contributed by atoms with E-state index in [0.717, 1.165) is 79.9 Å². The van der Waals surface area contributed by atoms with Crippen molar-refractivity contribution in [2.24, 2.45) is 4.99 Å². The predicted octanol–water partition coefficient (Wildman–Crippen LogP) is 5.14. The molecule has 3 aromatic carbocycles. The molecule has 0 radical (unpaired) electrons. The van der Waals surface area contributed by atoms with Crippen LogP contribution in [-0.4, -0.2) is 74.4 Å². The van der Waals surface area contributed by atoms with Crippen LogP contribution >= 0.6 is 11.6 Å². The quantitative estimate of drug-likeness (QED) is 0.0791. The molecule has 0 aliphatic carbocycles. The number of halogens is 1. The molecular weight excluding hydrogens is 628 g/mol. The van der Waals surface area contributed by atoms with E-state index in [1.54, 1.807) is 21.3 Å². The Hall–Kier alpha value is -4.54. The fourth-order valence-corrected chi connectivity index (χ4v) is 6.07. The minimum Gasteiger partial charge on any atom is -0.857 e. The molecule has 10 nitrogen and oxygen atoms in total. The molecular formula is C37H47ClN6O4. The first-order valence-corrected chi connectivity index (χ1v) is 16.7. The van der Waals surface area contributed by atoms with E-state index in [2.05, 4.69) is 51.4 Å². The number of nitrogen functional groups attached to an aromatic ring is 2. The standard InChI is InChI=1S/C37H47ClN6O4/c1-46-30-16-10-27(11-17-30)7-4-23-44(24-5-8-28-12-18-31(47-2)19-13-28,25-6-9-29-14-20-32(48-3)21-15-29)26-22-41-37(45)33-35(39)43-36(40)34(38)42-33/h10-21H,4-9,22-26H2,1-3H3,(H4-,39,40,41,43,45). The van der Waals surface area contributed by atoms with Gasteiger partial charge in [0.15, 0.2) is 16.8 Å². The molecule has 0 amide bonds. The lowest BCUT2D eigenvalue weighted by molar-refractivity contribution is -0.927. The summed E-state index contributed by atoms with van der Waals surface area (Å²) >= 11 is 6.04. The molecule has 0 fully saturated rings. The second-order valence-corrected chi connectivity index (χ2v) is 12.3. The first-order chi connectivity index (χ1) is 23.2. The Labute approximate surface area is 288 Å². The molecule has 11 heteroatoms. The van der Waals surface area contributed by atoms with Crippen molar-refractivity contribution >= 4 is 29.1 Å². The summed E-state index contributed by atoms with van der Waals surface area (Å²) in [5, 5.41) is 13.0. The SMILES string of the molecule is COc1ccc(CCC[N+](CCCc2ccc(OC)cc2)(CCCc2ccc(OC)cc2)CCN=C([O-])c2nc(Cl)c(N)nc2N)cc1. The number of aromatic nitrogens is 2. The van der Waals surface area contributed by atoms with Crippen LogP contribution in [-0.2, 0) is 19.3 Å². The summed E-state index contributed by atoms with van der Waals surface area (Å²) in [5.41, 5.74) is 15.4. The van der Waals surface area contributed by atoms with E-state index in [1.807, 2.05) is 36.4 Å². The van der Waals surface area contributed by atoms with Crippen LogP contribution in [0.3, 0.4) is 0 Å². The van der Waals surface area contributed by atoms with Crippen molar-refractivity contribution in [2.75, 3.05) is 65.5 Å². The number of anilines is 2. The van der Waals surface area contributed by atoms with Crippen molar-refractivity contribution in [2.45, 2.75) is 38.5 Å². The smallest absolute Gasteiger partial charge is 0.172 e. The lowest BCUT2D eigenvalue weighted by Crippen LogP contribution is -2.52. The van der Waals surface area contributed by atoms with Gasteiger partial charge in [0.1, 0.15) is 22.9 Å². The maximum Gasteiger partial charge on any atom is 0.172 e. The summed E-state index contributed by atoms with van der Waals surface area (Å²) in [6.07, 6.45) is 5.76. The number of aryl methyl sites for hydroxylation is 3. The number of benzene rings is 3. The van der Waals surface area contributed by atoms with Crippen LogP contribution in [0.5, 0.6) is 17.2 Å². The summed E-state index contributed by atoms with van der Waals surface area (Å²) < 4.78 is 16.9. The molecule has 256 valence electrons. The van der Waals surface area contributed by atoms with E-state index in [1.165, 1.54) is 16.7 Å². The van der Waals surface area contributed by atoms with Crippen LogP contribution in [0.2, 0.25) is 5.15 Å². The van der Waals surface area contributed by atoms with Gasteiger partial charge in [-0.1, -0.05) is 48.0 Å². The van der Waals surface area contributed by atoms with E-state index < -0.39 is 5.90 Å². The summed E-state index contributed by atoms with van der Waals surface area (Å²) in [4.78, 5) is 12.4. The van der Waals surface area contributed by atoms with Crippen molar-refractivity contribution in [1.82, 2.24) is 9.97 Å². The highest BCUT2D eigenvalue weighted by Gasteiger charge is 2.26. The van der Waals surface area contributed by atoms with Crippen molar-refractivity contribution in [1.29, 1.82) is 0 Å². The van der Waals surface area contributed by atoms with Crippen molar-refractivity contribution in [3.63, 3.8) is 0 Å². The molecule has 0 saturated heterocycles. The third-order valence-corrected chi connectivity index (χ3v) is 8.99. The first kappa shape index (κ1) is 36.3. The maximum absolute atomic E-state index is 13.1. The largest absolute Gasteiger partial charge is 0.857 e. The molecule has 48 heavy (non-hydrogen) atoms. The van der Waals surface area contributed by atoms with Crippen LogP contribution in [0.25, 0.3) is 0 Å². The molecule has 0 bridgehead atoms. The molecule has 4 N–H and O–H groups in total. The van der Waals surface area contributed by atoms with Gasteiger partial charge in [0.25, 0.3) is 0 Å². The highest BCUT2D eigenvalue weighted by atomic mass is 35.5. The van der Waals surface area contributed by atoms with Crippen molar-refractivity contribution in [3.05, 3.63) is 100 Å². The van der Waals surface area contributed by atoms with Crippen molar-refractivity contribution in [3.8, 4) is 17.2 Å². The molecule has 0 atom stereocenters. The van der Waals surface area contributed by atoms with Gasteiger partial charge in [-0.3, -0.25) is 4.99 Å². The third-order valence-electron chi connectivity index (χ3n) is 8.71. The zero-order valence-corrected chi connectivity index (χ0v) is 28.9. The van der Waals surface area contributed by atoms with Gasteiger partial charge in [-0.2, -0.15) is 0 Å². The Morgan fingerprint density at radius 2 is 1.04 bits per heavy atom. The lowest BCUT2D eigenvalue weighted by Gasteiger charge is -2.39. The Kier molecular flexibility index (Phi) is 13.7. The number of nitrogens with zero attached hydrogens (tertiary/aromatic N) is 4. The summed E-state index contributed by atoms with van der Waals surface area (Å²) in [7, 11) is 5.03. The van der Waals surface area contributed by atoms with Crippen LogP contribution in [0.4, 0.5) is 11.6 Å². The van der Waals surface area contributed by atoms with Crippen LogP contribution in [0.1, 0.15) is 41.6 Å². The van der Waals surface area contributed by atoms with Gasteiger partial charge in [0.05, 0.1) is 54.1 Å². The Balaban J connectivity index is 1.54. The molecule has 0 unspecified atom stereocenters. The molecule has 4 aromatic rings. The van der Waals surface area contributed by atoms with E-state index >= 15 is 0 Å². The summed E-state index contributed by atoms with van der Waals surface area (Å²) in [6, 6.07) is 24.8. The lowest BCUT2D eigenvalue weighted by atomic mass is 10.0. The van der Waals surface area contributed by atoms with Gasteiger partial charge in [-0.25, -0.2) is 9.97 Å². The van der Waals surface area contributed by atoms with E-state index in [0.29, 0.717) is 13.1 Å². The maximum atomic E-state index is 13.1. The van der Waals surface area contributed by atoms with Crippen LogP contribution in [0.15, 0.2) is 77.8 Å². The molecule has 1 heterocycles. The zero-order chi connectivity index (χ0) is 34.4. The molecule has 0 aliphatic rings. The topological polar surface area (TPSA) is 141 Å². The Morgan fingerprint density at radius 1 is 0.646 bits per heavy atom. The molecule has 4 rings (SSSR count). The number of rotatable bonds is 19. The van der Waals surface area contributed by atoms with Gasteiger partial charge in [0, 0.05) is 25.2 Å². The average molecular weight is 675 g/mol. The summed E-state index contributed by atoms with van der Waals surface area (Å²) in [5.74, 6) is 1.89. The van der Waals surface area contributed by atoms with Crippen LogP contribution in [0, 0.1) is 0 Å². The Bertz CT molecular complexity index is 1470. The van der Waals surface area contributed by atoms with E-state index in [9.17, 15) is 5.11 Å². The van der Waals surface area contributed by atoms with E-state index in [4.69, 9.17) is 37.3 Å². The number of methoxy groups -OCH3 is 3. The molecule has 0 aliphatic heterocycles. The van der Waals surface area contributed by atoms with Crippen molar-refractivity contribution < 1.29 is 23.8 Å². The molecule has 1 aromatic heterocycles. The summed E-state index contributed by atoms with van der Waals surface area (Å²) in [6.45, 7) is 3.83. The molecule has 0 spiro atoms. The highest BCUT2D eigenvalue weighted by Crippen LogP contribution is 2.21. The average Bonchev–Trinajstić information content (AvgIpc) is 3.10. The number of nitrogens with two attached hydrogens (primary N) is 2. The number of aliphatic imine (C=N–C) groups is 1. The number of ether oxygens (including phenoxy) is 3. The normalized spacial score (nSPS) is 11.8. The number of hydrogen-bond acceptors (Lipinski definition) is 9. The minimum absolute atomic E-state index is 0.0213. The Morgan fingerprint density at radius 3 is 1.42 bits per heavy atom. The second-order valence-electron chi connectivity index (χ2n) is 11.9. The van der Waals surface area contributed by atoms with Gasteiger partial charge < -0.3 is 35.3 Å². The second kappa shape index (κ2) is 18.1. The minimum atomic E-state index is -0.547. The number of quaternary nitrogens is 1. The monoisotopic (exact) mass is 674 g/mol. The highest BCUT2D eigenvalue weighted by molar-refractivity contribution is 6.31. The molecule has 0 saturated carbocycles.